The Balaban J connectivity index is 2.73. The molecule has 32 heavy (non-hydrogen) atoms. The third-order valence-corrected chi connectivity index (χ3v) is 9.99. The standard InChI is InChI=1S/C23H45N3O5Si/c1-21(2,3)30-19(27)25-18-24-16-17(26(18)20(28)31-22(4,5)6)14-12-13-15-29-32(10,11)23(7,8)9/h17H,12-16H2,1-11H3,(H,24,25,27). The summed E-state index contributed by atoms with van der Waals surface area (Å²) >= 11 is 0. The number of carbonyl (C=O) groups is 2. The van der Waals surface area contributed by atoms with Crippen LogP contribution in [0, 0.1) is 0 Å². The van der Waals surface area contributed by atoms with Crippen molar-refractivity contribution >= 4 is 26.5 Å². The number of nitrogens with one attached hydrogen (secondary N) is 1. The summed E-state index contributed by atoms with van der Waals surface area (Å²) in [7, 11) is -1.76. The van der Waals surface area contributed by atoms with E-state index in [1.54, 1.807) is 20.8 Å². The Kier molecular flexibility index (Phi) is 9.37. The van der Waals surface area contributed by atoms with Gasteiger partial charge in [-0.05, 0) is 78.9 Å². The summed E-state index contributed by atoms with van der Waals surface area (Å²) in [6, 6.07) is -0.178. The number of aliphatic imine (C=N–C) groups is 1. The van der Waals surface area contributed by atoms with Crippen LogP contribution in [0.25, 0.3) is 0 Å². The second-order valence-corrected chi connectivity index (χ2v) is 16.7. The molecule has 1 heterocycles. The third-order valence-electron chi connectivity index (χ3n) is 5.45. The molecule has 0 saturated heterocycles. The Bertz CT molecular complexity index is 687. The number of unbranched alkanes of at least 4 members (excludes halogenated alkanes) is 1. The molecule has 0 aliphatic carbocycles. The van der Waals surface area contributed by atoms with Gasteiger partial charge in [0.25, 0.3) is 0 Å². The molecule has 0 radical (unpaired) electrons. The zero-order valence-corrected chi connectivity index (χ0v) is 23.0. The number of hydrogen-bond acceptors (Lipinski definition) is 6. The molecule has 0 aromatic carbocycles. The summed E-state index contributed by atoms with van der Waals surface area (Å²) < 4.78 is 17.1. The van der Waals surface area contributed by atoms with Gasteiger partial charge < -0.3 is 13.9 Å². The molecule has 0 fully saturated rings. The quantitative estimate of drug-likeness (QED) is 0.398. The van der Waals surface area contributed by atoms with E-state index in [4.69, 9.17) is 13.9 Å². The topological polar surface area (TPSA) is 89.5 Å². The molecule has 1 atom stereocenters. The molecule has 0 bridgehead atoms. The van der Waals surface area contributed by atoms with E-state index in [9.17, 15) is 9.59 Å². The maximum atomic E-state index is 12.9. The van der Waals surface area contributed by atoms with Crippen LogP contribution in [0.3, 0.4) is 0 Å². The number of carbonyl (C=O) groups excluding carboxylic acids is 2. The minimum Gasteiger partial charge on any atom is -0.444 e. The second-order valence-electron chi connectivity index (χ2n) is 11.9. The van der Waals surface area contributed by atoms with Gasteiger partial charge in [-0.25, -0.2) is 14.5 Å². The average molecular weight is 472 g/mol. The Hall–Kier alpha value is -1.61. The molecular formula is C23H45N3O5Si. The van der Waals surface area contributed by atoms with Crippen LogP contribution in [0.4, 0.5) is 9.59 Å². The van der Waals surface area contributed by atoms with Gasteiger partial charge in [0.05, 0.1) is 12.6 Å². The van der Waals surface area contributed by atoms with E-state index in [1.807, 2.05) is 20.8 Å². The first kappa shape index (κ1) is 28.4. The minimum atomic E-state index is -1.76. The fraction of sp³-hybridized carbons (Fsp3) is 0.870. The number of ether oxygens (including phenoxy) is 2. The van der Waals surface area contributed by atoms with Crippen LogP contribution in [0.2, 0.25) is 18.1 Å². The summed E-state index contributed by atoms with van der Waals surface area (Å²) in [5.41, 5.74) is -1.30. The van der Waals surface area contributed by atoms with Gasteiger partial charge in [0, 0.05) is 6.61 Å². The van der Waals surface area contributed by atoms with Gasteiger partial charge in [0.15, 0.2) is 8.32 Å². The maximum Gasteiger partial charge on any atom is 0.417 e. The SMILES string of the molecule is CC(C)(C)OC(=O)NC1=NCC(CCCCO[Si](C)(C)C(C)(C)C)N1C(=O)OC(C)(C)C. The fourth-order valence-electron chi connectivity index (χ4n) is 2.81. The van der Waals surface area contributed by atoms with Gasteiger partial charge in [-0.3, -0.25) is 10.3 Å². The molecule has 1 aliphatic rings. The maximum absolute atomic E-state index is 12.9. The summed E-state index contributed by atoms with van der Waals surface area (Å²) in [5.74, 6) is 0.177. The molecule has 0 saturated carbocycles. The van der Waals surface area contributed by atoms with Gasteiger partial charge >= 0.3 is 12.2 Å². The zero-order chi connectivity index (χ0) is 25.0. The predicted molar refractivity (Wildman–Crippen MR) is 131 cm³/mol. The zero-order valence-electron chi connectivity index (χ0n) is 22.0. The van der Waals surface area contributed by atoms with E-state index in [0.29, 0.717) is 13.2 Å². The monoisotopic (exact) mass is 471 g/mol. The lowest BCUT2D eigenvalue weighted by atomic mass is 10.1. The molecule has 2 amide bonds. The van der Waals surface area contributed by atoms with Crippen molar-refractivity contribution in [3.05, 3.63) is 0 Å². The number of alkyl carbamates (subject to hydrolysis) is 1. The van der Waals surface area contributed by atoms with Crippen molar-refractivity contribution in [3.63, 3.8) is 0 Å². The van der Waals surface area contributed by atoms with Crippen molar-refractivity contribution in [2.45, 2.75) is 117 Å². The first-order valence-corrected chi connectivity index (χ1v) is 14.4. The smallest absolute Gasteiger partial charge is 0.417 e. The fourth-order valence-corrected chi connectivity index (χ4v) is 3.90. The van der Waals surface area contributed by atoms with E-state index < -0.39 is 31.7 Å². The minimum absolute atomic E-state index is 0.177. The molecule has 1 aliphatic heterocycles. The van der Waals surface area contributed by atoms with Crippen LogP contribution in [-0.2, 0) is 13.9 Å². The highest BCUT2D eigenvalue weighted by Crippen LogP contribution is 2.36. The Morgan fingerprint density at radius 1 is 1.00 bits per heavy atom. The summed E-state index contributed by atoms with van der Waals surface area (Å²) in [6.07, 6.45) is 1.36. The molecule has 1 rings (SSSR count). The first-order valence-electron chi connectivity index (χ1n) is 11.5. The van der Waals surface area contributed by atoms with Gasteiger partial charge in [0.1, 0.15) is 11.2 Å². The number of guanidine groups is 1. The van der Waals surface area contributed by atoms with Crippen molar-refractivity contribution in [2.75, 3.05) is 13.2 Å². The molecular weight excluding hydrogens is 426 g/mol. The van der Waals surface area contributed by atoms with E-state index in [2.05, 4.69) is 44.2 Å². The first-order chi connectivity index (χ1) is 14.3. The van der Waals surface area contributed by atoms with Crippen molar-refractivity contribution in [2.24, 2.45) is 4.99 Å². The third kappa shape index (κ3) is 9.48. The van der Waals surface area contributed by atoms with Crippen molar-refractivity contribution in [1.82, 2.24) is 10.2 Å². The van der Waals surface area contributed by atoms with Crippen molar-refractivity contribution < 1.29 is 23.5 Å². The number of hydrogen-bond donors (Lipinski definition) is 1. The van der Waals surface area contributed by atoms with Crippen LogP contribution >= 0.6 is 0 Å². The molecule has 0 aromatic rings. The van der Waals surface area contributed by atoms with E-state index in [1.165, 1.54) is 4.90 Å². The lowest BCUT2D eigenvalue weighted by molar-refractivity contribution is 0.0316. The summed E-state index contributed by atoms with van der Waals surface area (Å²) in [4.78, 5) is 31.0. The lowest BCUT2D eigenvalue weighted by Crippen LogP contribution is -2.51. The van der Waals surface area contributed by atoms with Gasteiger partial charge in [-0.2, -0.15) is 0 Å². The highest BCUT2D eigenvalue weighted by Gasteiger charge is 2.38. The van der Waals surface area contributed by atoms with Crippen LogP contribution < -0.4 is 5.32 Å². The summed E-state index contributed by atoms with van der Waals surface area (Å²) in [6.45, 7) is 23.1. The van der Waals surface area contributed by atoms with Gasteiger partial charge in [-0.15, -0.1) is 0 Å². The normalized spacial score (nSPS) is 17.8. The predicted octanol–water partition coefficient (Wildman–Crippen LogP) is 5.68. The molecule has 1 unspecified atom stereocenters. The highest BCUT2D eigenvalue weighted by atomic mass is 28.4. The largest absolute Gasteiger partial charge is 0.444 e. The number of rotatable bonds is 6. The Labute approximate surface area is 195 Å². The van der Waals surface area contributed by atoms with Crippen LogP contribution in [0.1, 0.15) is 81.6 Å². The Morgan fingerprint density at radius 3 is 2.06 bits per heavy atom. The molecule has 186 valence electrons. The number of nitrogens with zero attached hydrogens (tertiary/aromatic N) is 2. The average Bonchev–Trinajstić information content (AvgIpc) is 2.92. The van der Waals surface area contributed by atoms with Crippen molar-refractivity contribution in [1.29, 1.82) is 0 Å². The van der Waals surface area contributed by atoms with E-state index in [0.717, 1.165) is 19.3 Å². The van der Waals surface area contributed by atoms with Crippen molar-refractivity contribution in [3.8, 4) is 0 Å². The van der Waals surface area contributed by atoms with E-state index in [-0.39, 0.29) is 17.0 Å². The van der Waals surface area contributed by atoms with Gasteiger partial charge in [0.2, 0.25) is 5.96 Å². The van der Waals surface area contributed by atoms with Crippen LogP contribution in [-0.4, -0.2) is 61.8 Å². The molecule has 8 nitrogen and oxygen atoms in total. The van der Waals surface area contributed by atoms with E-state index >= 15 is 0 Å². The molecule has 9 heteroatoms. The van der Waals surface area contributed by atoms with Crippen LogP contribution in [0.15, 0.2) is 4.99 Å². The summed E-state index contributed by atoms with van der Waals surface area (Å²) in [5, 5.41) is 2.80. The number of amides is 2. The lowest BCUT2D eigenvalue weighted by Gasteiger charge is -2.36. The molecule has 0 aromatic heterocycles. The Morgan fingerprint density at radius 2 is 1.56 bits per heavy atom. The molecule has 0 spiro atoms. The highest BCUT2D eigenvalue weighted by molar-refractivity contribution is 6.74. The second kappa shape index (κ2) is 10.5. The molecule has 1 N–H and O–H groups in total. The van der Waals surface area contributed by atoms with Gasteiger partial charge in [-0.1, -0.05) is 20.8 Å². The van der Waals surface area contributed by atoms with Crippen LogP contribution in [0.5, 0.6) is 0 Å².